The van der Waals surface area contributed by atoms with Gasteiger partial charge in [0.05, 0.1) is 19.3 Å². The zero-order chi connectivity index (χ0) is 19.5. The van der Waals surface area contributed by atoms with E-state index in [2.05, 4.69) is 9.88 Å². The fraction of sp³-hybridized carbons (Fsp3) is 0.455. The van der Waals surface area contributed by atoms with E-state index in [4.69, 9.17) is 4.74 Å². The number of aromatic nitrogens is 1. The number of anilines is 1. The molecular formula is C22H27N3O3. The van der Waals surface area contributed by atoms with Gasteiger partial charge in [0.25, 0.3) is 5.91 Å². The summed E-state index contributed by atoms with van der Waals surface area (Å²) in [6.07, 6.45) is 1.93. The van der Waals surface area contributed by atoms with Crippen LogP contribution in [-0.4, -0.2) is 66.4 Å². The smallest absolute Gasteiger partial charge is 0.253 e. The second-order valence-electron chi connectivity index (χ2n) is 7.66. The Morgan fingerprint density at radius 1 is 1.21 bits per heavy atom. The SMILES string of the molecule is Cc1cc(C(=O)N2C[C@@H](Cc3ccccn3)[C@H](O)C2)ccc1N1CCOCC1. The average molecular weight is 381 g/mol. The number of aliphatic hydroxyl groups is 1. The van der Waals surface area contributed by atoms with Crippen LogP contribution in [0.2, 0.25) is 0 Å². The zero-order valence-corrected chi connectivity index (χ0v) is 16.3. The summed E-state index contributed by atoms with van der Waals surface area (Å²) >= 11 is 0. The molecule has 0 radical (unpaired) electrons. The Kier molecular flexibility index (Phi) is 5.59. The van der Waals surface area contributed by atoms with E-state index < -0.39 is 6.10 Å². The van der Waals surface area contributed by atoms with Crippen molar-refractivity contribution in [2.45, 2.75) is 19.4 Å². The van der Waals surface area contributed by atoms with Crippen molar-refractivity contribution in [1.29, 1.82) is 0 Å². The molecule has 28 heavy (non-hydrogen) atoms. The summed E-state index contributed by atoms with van der Waals surface area (Å²) in [5.74, 6) is 0.00627. The molecule has 2 saturated heterocycles. The molecule has 1 N–H and O–H groups in total. The number of amides is 1. The van der Waals surface area contributed by atoms with Gasteiger partial charge in [0, 0.05) is 55.2 Å². The predicted octanol–water partition coefficient (Wildman–Crippen LogP) is 1.90. The maximum Gasteiger partial charge on any atom is 0.253 e. The summed E-state index contributed by atoms with van der Waals surface area (Å²) < 4.78 is 5.42. The fourth-order valence-electron chi connectivity index (χ4n) is 4.14. The van der Waals surface area contributed by atoms with Crippen molar-refractivity contribution in [2.24, 2.45) is 5.92 Å². The van der Waals surface area contributed by atoms with Crippen LogP contribution in [0.15, 0.2) is 42.6 Å². The van der Waals surface area contributed by atoms with Crippen LogP contribution in [0.4, 0.5) is 5.69 Å². The molecule has 0 saturated carbocycles. The number of aliphatic hydroxyl groups excluding tert-OH is 1. The molecule has 0 bridgehead atoms. The van der Waals surface area contributed by atoms with E-state index in [-0.39, 0.29) is 11.8 Å². The van der Waals surface area contributed by atoms with Crippen LogP contribution in [0.3, 0.4) is 0 Å². The van der Waals surface area contributed by atoms with E-state index in [1.807, 2.05) is 43.3 Å². The molecule has 4 rings (SSSR count). The predicted molar refractivity (Wildman–Crippen MR) is 108 cm³/mol. The number of aryl methyl sites for hydroxylation is 1. The van der Waals surface area contributed by atoms with Crippen LogP contribution >= 0.6 is 0 Å². The number of carbonyl (C=O) groups is 1. The number of β-amino-alcohol motifs (C(OH)–C–C–N with tert-alkyl or cyclic N) is 1. The Morgan fingerprint density at radius 2 is 2.04 bits per heavy atom. The van der Waals surface area contributed by atoms with Gasteiger partial charge in [-0.25, -0.2) is 0 Å². The van der Waals surface area contributed by atoms with Crippen molar-refractivity contribution in [3.05, 3.63) is 59.4 Å². The highest BCUT2D eigenvalue weighted by Gasteiger charge is 2.34. The summed E-state index contributed by atoms with van der Waals surface area (Å²) in [6.45, 7) is 6.21. The number of benzene rings is 1. The number of rotatable bonds is 4. The van der Waals surface area contributed by atoms with Crippen LogP contribution in [0, 0.1) is 12.8 Å². The number of hydrogen-bond donors (Lipinski definition) is 1. The summed E-state index contributed by atoms with van der Waals surface area (Å²) in [5.41, 5.74) is 3.89. The Morgan fingerprint density at radius 3 is 2.75 bits per heavy atom. The molecule has 0 aliphatic carbocycles. The van der Waals surface area contributed by atoms with E-state index in [1.165, 1.54) is 0 Å². The van der Waals surface area contributed by atoms with Crippen LogP contribution in [0.1, 0.15) is 21.6 Å². The summed E-state index contributed by atoms with van der Waals surface area (Å²) in [6, 6.07) is 11.7. The van der Waals surface area contributed by atoms with Crippen molar-refractivity contribution in [3.63, 3.8) is 0 Å². The van der Waals surface area contributed by atoms with Crippen molar-refractivity contribution < 1.29 is 14.6 Å². The van der Waals surface area contributed by atoms with Crippen LogP contribution in [0.5, 0.6) is 0 Å². The Labute approximate surface area is 165 Å². The van der Waals surface area contributed by atoms with E-state index in [0.29, 0.717) is 25.1 Å². The van der Waals surface area contributed by atoms with Crippen LogP contribution < -0.4 is 4.90 Å². The molecule has 1 amide bonds. The number of morpholine rings is 1. The van der Waals surface area contributed by atoms with Crippen LogP contribution in [-0.2, 0) is 11.2 Å². The highest BCUT2D eigenvalue weighted by atomic mass is 16.5. The van der Waals surface area contributed by atoms with Gasteiger partial charge < -0.3 is 19.6 Å². The minimum atomic E-state index is -0.514. The second-order valence-corrected chi connectivity index (χ2v) is 7.66. The number of carbonyl (C=O) groups excluding carboxylic acids is 1. The van der Waals surface area contributed by atoms with E-state index in [0.717, 1.165) is 43.2 Å². The van der Waals surface area contributed by atoms with Gasteiger partial charge in [0.2, 0.25) is 0 Å². The van der Waals surface area contributed by atoms with Gasteiger partial charge in [-0.3, -0.25) is 9.78 Å². The number of nitrogens with zero attached hydrogens (tertiary/aromatic N) is 3. The normalized spacial score (nSPS) is 22.5. The van der Waals surface area contributed by atoms with E-state index in [1.54, 1.807) is 11.1 Å². The zero-order valence-electron chi connectivity index (χ0n) is 16.3. The summed E-state index contributed by atoms with van der Waals surface area (Å²) in [7, 11) is 0. The minimum absolute atomic E-state index is 0.0146. The lowest BCUT2D eigenvalue weighted by Gasteiger charge is -2.30. The Hall–Kier alpha value is -2.44. The fourth-order valence-corrected chi connectivity index (χ4v) is 4.14. The molecule has 1 aromatic heterocycles. The lowest BCUT2D eigenvalue weighted by molar-refractivity contribution is 0.0764. The Balaban J connectivity index is 1.43. The molecule has 0 spiro atoms. The Bertz CT molecular complexity index is 821. The van der Waals surface area contributed by atoms with Crippen molar-refractivity contribution in [2.75, 3.05) is 44.3 Å². The number of hydrogen-bond acceptors (Lipinski definition) is 5. The number of ether oxygens (including phenoxy) is 1. The molecule has 2 atom stereocenters. The molecule has 2 aliphatic heterocycles. The maximum absolute atomic E-state index is 13.0. The largest absolute Gasteiger partial charge is 0.391 e. The molecule has 148 valence electrons. The molecule has 2 fully saturated rings. The van der Waals surface area contributed by atoms with Gasteiger partial charge in [-0.15, -0.1) is 0 Å². The number of pyridine rings is 1. The van der Waals surface area contributed by atoms with Gasteiger partial charge in [-0.2, -0.15) is 0 Å². The second kappa shape index (κ2) is 8.29. The maximum atomic E-state index is 13.0. The standard InChI is InChI=1S/C22H27N3O3/c1-16-12-17(5-6-20(16)24-8-10-28-11-9-24)22(27)25-14-18(21(26)15-25)13-19-4-2-3-7-23-19/h2-7,12,18,21,26H,8-11,13-15H2,1H3/t18-,21-/m1/s1. The van der Waals surface area contributed by atoms with Crippen molar-refractivity contribution in [3.8, 4) is 0 Å². The first kappa shape index (κ1) is 18.9. The van der Waals surface area contributed by atoms with Gasteiger partial charge in [0.1, 0.15) is 0 Å². The van der Waals surface area contributed by atoms with Gasteiger partial charge in [0.15, 0.2) is 0 Å². The van der Waals surface area contributed by atoms with Crippen molar-refractivity contribution in [1.82, 2.24) is 9.88 Å². The topological polar surface area (TPSA) is 65.9 Å². The summed E-state index contributed by atoms with van der Waals surface area (Å²) in [5, 5.41) is 10.4. The van der Waals surface area contributed by atoms with Crippen LogP contribution in [0.25, 0.3) is 0 Å². The van der Waals surface area contributed by atoms with Gasteiger partial charge in [-0.05, 0) is 49.2 Å². The third-order valence-electron chi connectivity index (χ3n) is 5.69. The molecule has 1 aromatic carbocycles. The van der Waals surface area contributed by atoms with E-state index >= 15 is 0 Å². The third-order valence-corrected chi connectivity index (χ3v) is 5.69. The first-order valence-corrected chi connectivity index (χ1v) is 9.92. The monoisotopic (exact) mass is 381 g/mol. The van der Waals surface area contributed by atoms with Gasteiger partial charge >= 0.3 is 0 Å². The van der Waals surface area contributed by atoms with Crippen molar-refractivity contribution >= 4 is 11.6 Å². The summed E-state index contributed by atoms with van der Waals surface area (Å²) in [4.78, 5) is 21.4. The van der Waals surface area contributed by atoms with Gasteiger partial charge in [-0.1, -0.05) is 6.07 Å². The minimum Gasteiger partial charge on any atom is -0.391 e. The molecule has 0 unspecified atom stereocenters. The first-order valence-electron chi connectivity index (χ1n) is 9.92. The molecule has 2 aromatic rings. The first-order chi connectivity index (χ1) is 13.6. The third kappa shape index (κ3) is 4.03. The molecule has 3 heterocycles. The lowest BCUT2D eigenvalue weighted by Crippen LogP contribution is -2.36. The number of likely N-dealkylation sites (tertiary alicyclic amines) is 1. The molecule has 6 nitrogen and oxygen atoms in total. The van der Waals surface area contributed by atoms with E-state index in [9.17, 15) is 9.90 Å². The quantitative estimate of drug-likeness (QED) is 0.876. The average Bonchev–Trinajstić information content (AvgIpc) is 3.09. The lowest BCUT2D eigenvalue weighted by atomic mass is 10.00. The molecule has 2 aliphatic rings. The molecule has 6 heteroatoms. The molecular weight excluding hydrogens is 354 g/mol. The highest BCUT2D eigenvalue weighted by molar-refractivity contribution is 5.95. The highest BCUT2D eigenvalue weighted by Crippen LogP contribution is 2.26.